The average molecular weight is 213 g/mol. The zero-order valence-electron chi connectivity index (χ0n) is 8.25. The van der Waals surface area contributed by atoms with E-state index < -0.39 is 0 Å². The molecule has 0 aromatic carbocycles. The van der Waals surface area contributed by atoms with Gasteiger partial charge in [0.1, 0.15) is 5.00 Å². The summed E-state index contributed by atoms with van der Waals surface area (Å²) in [5, 5.41) is 4.66. The van der Waals surface area contributed by atoms with Gasteiger partial charge in [-0.05, 0) is 6.92 Å². The lowest BCUT2D eigenvalue weighted by molar-refractivity contribution is 0.167. The minimum absolute atomic E-state index is 0.613. The van der Waals surface area contributed by atoms with Gasteiger partial charge in [0, 0.05) is 6.54 Å². The Morgan fingerprint density at radius 3 is 3.14 bits per heavy atom. The zero-order valence-corrected chi connectivity index (χ0v) is 9.06. The summed E-state index contributed by atoms with van der Waals surface area (Å²) in [4.78, 5) is 4.06. The minimum Gasteiger partial charge on any atom is -0.389 e. The molecule has 0 unspecified atom stereocenters. The fourth-order valence-electron chi connectivity index (χ4n) is 0.845. The summed E-state index contributed by atoms with van der Waals surface area (Å²) in [6, 6.07) is 0. The molecular weight excluding hydrogens is 198 g/mol. The first-order valence-corrected chi connectivity index (χ1v) is 5.17. The highest BCUT2D eigenvalue weighted by Crippen LogP contribution is 2.18. The van der Waals surface area contributed by atoms with E-state index in [0.717, 1.165) is 22.3 Å². The molecule has 0 radical (unpaired) electrons. The van der Waals surface area contributed by atoms with E-state index in [-0.39, 0.29) is 0 Å². The van der Waals surface area contributed by atoms with Gasteiger partial charge in [-0.25, -0.2) is 4.98 Å². The monoisotopic (exact) mass is 213 g/mol. The van der Waals surface area contributed by atoms with E-state index in [1.807, 2.05) is 6.92 Å². The van der Waals surface area contributed by atoms with E-state index in [1.165, 1.54) is 11.3 Å². The number of hydrogen-bond acceptors (Lipinski definition) is 5. The zero-order chi connectivity index (χ0) is 10.4. The lowest BCUT2D eigenvalue weighted by atomic mass is 10.4. The van der Waals surface area contributed by atoms with E-state index in [2.05, 4.69) is 16.9 Å². The van der Waals surface area contributed by atoms with Gasteiger partial charge >= 0.3 is 0 Å². The maximum atomic E-state index is 5.52. The molecule has 1 aromatic rings. The van der Waals surface area contributed by atoms with Crippen molar-refractivity contribution < 1.29 is 4.74 Å². The number of anilines is 2. The summed E-state index contributed by atoms with van der Waals surface area (Å²) >= 11 is 1.43. The molecule has 0 bridgehead atoms. The predicted molar refractivity (Wildman–Crippen MR) is 60.6 cm³/mol. The molecule has 0 saturated carbocycles. The number of nitrogens with two attached hydrogens (primary N) is 1. The Balaban J connectivity index is 2.07. The van der Waals surface area contributed by atoms with Crippen LogP contribution in [-0.2, 0) is 4.74 Å². The lowest BCUT2D eigenvalue weighted by Crippen LogP contribution is -2.09. The SMILES string of the molecule is C=C(C)COCCNc1ncc(N)s1. The third kappa shape index (κ3) is 4.25. The smallest absolute Gasteiger partial charge is 0.184 e. The van der Waals surface area contributed by atoms with Crippen LogP contribution in [0.1, 0.15) is 6.92 Å². The van der Waals surface area contributed by atoms with Crippen molar-refractivity contribution in [2.75, 3.05) is 30.8 Å². The molecule has 1 aromatic heterocycles. The van der Waals surface area contributed by atoms with Crippen LogP contribution in [0.25, 0.3) is 0 Å². The molecule has 0 aliphatic heterocycles. The topological polar surface area (TPSA) is 60.2 Å². The third-order valence-electron chi connectivity index (χ3n) is 1.39. The molecule has 14 heavy (non-hydrogen) atoms. The molecule has 0 spiro atoms. The summed E-state index contributed by atoms with van der Waals surface area (Å²) in [7, 11) is 0. The van der Waals surface area contributed by atoms with Gasteiger partial charge in [-0.3, -0.25) is 0 Å². The van der Waals surface area contributed by atoms with E-state index in [4.69, 9.17) is 10.5 Å². The maximum absolute atomic E-state index is 5.52. The number of nitrogen functional groups attached to an aromatic ring is 1. The largest absolute Gasteiger partial charge is 0.389 e. The molecule has 0 saturated heterocycles. The molecule has 4 nitrogen and oxygen atoms in total. The van der Waals surface area contributed by atoms with Crippen molar-refractivity contribution in [3.8, 4) is 0 Å². The van der Waals surface area contributed by atoms with Crippen LogP contribution in [0.3, 0.4) is 0 Å². The Kier molecular flexibility index (Phi) is 4.42. The van der Waals surface area contributed by atoms with Crippen molar-refractivity contribution in [3.05, 3.63) is 18.3 Å². The molecule has 0 fully saturated rings. The summed E-state index contributed by atoms with van der Waals surface area (Å²) in [5.41, 5.74) is 6.55. The normalized spacial score (nSPS) is 10.1. The van der Waals surface area contributed by atoms with Crippen LogP contribution in [0.5, 0.6) is 0 Å². The van der Waals surface area contributed by atoms with Gasteiger partial charge in [-0.2, -0.15) is 0 Å². The van der Waals surface area contributed by atoms with Gasteiger partial charge in [0.25, 0.3) is 0 Å². The van der Waals surface area contributed by atoms with Gasteiger partial charge in [0.2, 0.25) is 0 Å². The second kappa shape index (κ2) is 5.62. The Bertz CT molecular complexity index is 298. The highest BCUT2D eigenvalue weighted by Gasteiger charge is 1.96. The second-order valence-electron chi connectivity index (χ2n) is 3.00. The quantitative estimate of drug-likeness (QED) is 0.558. The fraction of sp³-hybridized carbons (Fsp3) is 0.444. The Morgan fingerprint density at radius 2 is 2.57 bits per heavy atom. The highest BCUT2D eigenvalue weighted by atomic mass is 32.1. The molecule has 5 heteroatoms. The van der Waals surface area contributed by atoms with Crippen LogP contribution in [0.2, 0.25) is 0 Å². The van der Waals surface area contributed by atoms with E-state index in [9.17, 15) is 0 Å². The lowest BCUT2D eigenvalue weighted by Gasteiger charge is -2.03. The summed E-state index contributed by atoms with van der Waals surface area (Å²) in [6.45, 7) is 7.68. The molecule has 0 atom stereocenters. The van der Waals surface area contributed by atoms with E-state index in [1.54, 1.807) is 6.20 Å². The van der Waals surface area contributed by atoms with Crippen LogP contribution >= 0.6 is 11.3 Å². The third-order valence-corrected chi connectivity index (χ3v) is 2.18. The molecule has 0 aliphatic rings. The molecule has 0 amide bonds. The van der Waals surface area contributed by atoms with Crippen LogP contribution in [0, 0.1) is 0 Å². The van der Waals surface area contributed by atoms with Crippen molar-refractivity contribution in [3.63, 3.8) is 0 Å². The van der Waals surface area contributed by atoms with Gasteiger partial charge in [0.05, 0.1) is 19.4 Å². The summed E-state index contributed by atoms with van der Waals surface area (Å²) < 4.78 is 5.31. The number of nitrogens with zero attached hydrogens (tertiary/aromatic N) is 1. The molecule has 1 rings (SSSR count). The van der Waals surface area contributed by atoms with Gasteiger partial charge < -0.3 is 15.8 Å². The first kappa shape index (κ1) is 11.0. The summed E-state index contributed by atoms with van der Waals surface area (Å²) in [5.74, 6) is 0. The van der Waals surface area contributed by atoms with Crippen molar-refractivity contribution in [1.29, 1.82) is 0 Å². The van der Waals surface area contributed by atoms with E-state index in [0.29, 0.717) is 13.2 Å². The number of rotatable bonds is 6. The first-order chi connectivity index (χ1) is 6.68. The highest BCUT2D eigenvalue weighted by molar-refractivity contribution is 7.19. The predicted octanol–water partition coefficient (Wildman–Crippen LogP) is 1.73. The molecule has 1 heterocycles. The number of nitrogens with one attached hydrogen (secondary N) is 1. The molecule has 78 valence electrons. The standard InChI is InChI=1S/C9H15N3OS/c1-7(2)6-13-4-3-11-9-12-5-8(10)14-9/h5H,1,3-4,6,10H2,2H3,(H,11,12). The Labute approximate surface area is 87.8 Å². The van der Waals surface area contributed by atoms with Crippen molar-refractivity contribution in [1.82, 2.24) is 4.98 Å². The number of ether oxygens (including phenoxy) is 1. The first-order valence-electron chi connectivity index (χ1n) is 4.36. The van der Waals surface area contributed by atoms with Gasteiger partial charge in [0.15, 0.2) is 5.13 Å². The summed E-state index contributed by atoms with van der Waals surface area (Å²) in [6.07, 6.45) is 1.64. The minimum atomic E-state index is 0.613. The van der Waals surface area contributed by atoms with E-state index >= 15 is 0 Å². The molecular formula is C9H15N3OS. The van der Waals surface area contributed by atoms with Crippen molar-refractivity contribution in [2.45, 2.75) is 6.92 Å². The number of aromatic nitrogens is 1. The van der Waals surface area contributed by atoms with Crippen molar-refractivity contribution >= 4 is 21.5 Å². The van der Waals surface area contributed by atoms with Crippen LogP contribution < -0.4 is 11.1 Å². The van der Waals surface area contributed by atoms with Gasteiger partial charge in [-0.1, -0.05) is 23.5 Å². The maximum Gasteiger partial charge on any atom is 0.184 e. The van der Waals surface area contributed by atoms with Crippen LogP contribution in [0.4, 0.5) is 10.1 Å². The van der Waals surface area contributed by atoms with Crippen LogP contribution in [-0.4, -0.2) is 24.7 Å². The molecule has 0 aliphatic carbocycles. The second-order valence-corrected chi connectivity index (χ2v) is 4.07. The number of thiazole rings is 1. The van der Waals surface area contributed by atoms with Gasteiger partial charge in [-0.15, -0.1) is 0 Å². The van der Waals surface area contributed by atoms with Crippen molar-refractivity contribution in [2.24, 2.45) is 0 Å². The fourth-order valence-corrected chi connectivity index (χ4v) is 1.45. The molecule has 3 N–H and O–H groups in total. The Morgan fingerprint density at radius 1 is 1.79 bits per heavy atom. The number of hydrogen-bond donors (Lipinski definition) is 2. The average Bonchev–Trinajstić information content (AvgIpc) is 2.50. The van der Waals surface area contributed by atoms with Crippen LogP contribution in [0.15, 0.2) is 18.3 Å². The Hall–Kier alpha value is -1.07.